The van der Waals surface area contributed by atoms with Crippen LogP contribution in [0.25, 0.3) is 10.9 Å². The number of pyridine rings is 1. The number of anilines is 1. The molecule has 3 aromatic rings. The summed E-state index contributed by atoms with van der Waals surface area (Å²) in [6.07, 6.45) is 1.70. The zero-order valence-electron chi connectivity index (χ0n) is 13.5. The van der Waals surface area contributed by atoms with Crippen molar-refractivity contribution in [2.24, 2.45) is 0 Å². The maximum atomic E-state index is 12.8. The average molecular weight is 355 g/mol. The zero-order valence-corrected chi connectivity index (χ0v) is 14.3. The largest absolute Gasteiger partial charge is 0.486 e. The number of nitrogens with one attached hydrogen (secondary N) is 1. The van der Waals surface area contributed by atoms with Crippen molar-refractivity contribution in [3.63, 3.8) is 0 Å². The Morgan fingerprint density at radius 2 is 1.92 bits per heavy atom. The lowest BCUT2D eigenvalue weighted by atomic mass is 10.1. The number of hydrogen-bond donors (Lipinski definition) is 1. The Kier molecular flexibility index (Phi) is 3.93. The third-order valence-corrected chi connectivity index (χ3v) is 4.29. The minimum atomic E-state index is -0.320. The smallest absolute Gasteiger partial charge is 0.257 e. The predicted molar refractivity (Wildman–Crippen MR) is 96.9 cm³/mol. The van der Waals surface area contributed by atoms with Gasteiger partial charge in [-0.25, -0.2) is 0 Å². The Hall–Kier alpha value is -2.79. The van der Waals surface area contributed by atoms with Crippen LogP contribution in [0.15, 0.2) is 42.6 Å². The van der Waals surface area contributed by atoms with E-state index in [1.807, 2.05) is 31.2 Å². The quantitative estimate of drug-likeness (QED) is 0.748. The van der Waals surface area contributed by atoms with Crippen molar-refractivity contribution in [3.8, 4) is 11.5 Å². The fraction of sp³-hybridized carbons (Fsp3) is 0.158. The number of nitrogens with zero attached hydrogens (tertiary/aromatic N) is 1. The van der Waals surface area contributed by atoms with E-state index in [0.29, 0.717) is 41.0 Å². The Morgan fingerprint density at radius 1 is 1.16 bits per heavy atom. The molecule has 1 aliphatic heterocycles. The molecule has 2 aromatic carbocycles. The summed E-state index contributed by atoms with van der Waals surface area (Å²) in [5, 5.41) is 4.18. The number of rotatable bonds is 2. The zero-order chi connectivity index (χ0) is 17.4. The Labute approximate surface area is 149 Å². The maximum absolute atomic E-state index is 12.8. The van der Waals surface area contributed by atoms with E-state index in [1.165, 1.54) is 0 Å². The van der Waals surface area contributed by atoms with Crippen LogP contribution in [0.1, 0.15) is 15.9 Å². The van der Waals surface area contributed by atoms with Gasteiger partial charge in [0, 0.05) is 17.6 Å². The second-order valence-corrected chi connectivity index (χ2v) is 6.22. The highest BCUT2D eigenvalue weighted by molar-refractivity contribution is 6.34. The van der Waals surface area contributed by atoms with Crippen LogP contribution < -0.4 is 14.8 Å². The molecule has 1 N–H and O–H groups in total. The Bertz CT molecular complexity index is 988. The van der Waals surface area contributed by atoms with Gasteiger partial charge in [-0.1, -0.05) is 17.7 Å². The van der Waals surface area contributed by atoms with E-state index in [-0.39, 0.29) is 5.91 Å². The van der Waals surface area contributed by atoms with Gasteiger partial charge in [0.2, 0.25) is 0 Å². The van der Waals surface area contributed by atoms with Crippen molar-refractivity contribution in [2.45, 2.75) is 6.92 Å². The molecule has 0 atom stereocenters. The van der Waals surface area contributed by atoms with Crippen molar-refractivity contribution in [1.29, 1.82) is 0 Å². The SMILES string of the molecule is Cc1cc(NC(=O)c2cc3c(cc2Cl)OCCO3)c2ncccc2c1. The summed E-state index contributed by atoms with van der Waals surface area (Å²) < 4.78 is 11.0. The number of aromatic nitrogens is 1. The predicted octanol–water partition coefficient (Wildman–Crippen LogP) is 4.22. The molecule has 25 heavy (non-hydrogen) atoms. The minimum Gasteiger partial charge on any atom is -0.486 e. The molecule has 2 heterocycles. The molecule has 126 valence electrons. The number of carbonyl (C=O) groups is 1. The molecule has 0 aliphatic carbocycles. The van der Waals surface area contributed by atoms with Gasteiger partial charge in [-0.15, -0.1) is 0 Å². The molecule has 0 saturated heterocycles. The van der Waals surface area contributed by atoms with Gasteiger partial charge in [-0.3, -0.25) is 9.78 Å². The lowest BCUT2D eigenvalue weighted by Gasteiger charge is -2.19. The van der Waals surface area contributed by atoms with Crippen molar-refractivity contribution >= 4 is 34.1 Å². The van der Waals surface area contributed by atoms with Gasteiger partial charge in [0.1, 0.15) is 13.2 Å². The summed E-state index contributed by atoms with van der Waals surface area (Å²) in [5.74, 6) is 0.753. The topological polar surface area (TPSA) is 60.5 Å². The molecule has 0 fully saturated rings. The lowest BCUT2D eigenvalue weighted by molar-refractivity contribution is 0.102. The van der Waals surface area contributed by atoms with E-state index < -0.39 is 0 Å². The van der Waals surface area contributed by atoms with Gasteiger partial charge >= 0.3 is 0 Å². The number of carbonyl (C=O) groups excluding carboxylic acids is 1. The first kappa shape index (κ1) is 15.7. The van der Waals surface area contributed by atoms with Crippen molar-refractivity contribution in [3.05, 3.63) is 58.7 Å². The van der Waals surface area contributed by atoms with E-state index >= 15 is 0 Å². The number of hydrogen-bond acceptors (Lipinski definition) is 4. The second-order valence-electron chi connectivity index (χ2n) is 5.82. The molecule has 0 radical (unpaired) electrons. The summed E-state index contributed by atoms with van der Waals surface area (Å²) in [6, 6.07) is 11.0. The summed E-state index contributed by atoms with van der Waals surface area (Å²) in [6.45, 7) is 2.89. The second kappa shape index (κ2) is 6.26. The van der Waals surface area contributed by atoms with Crippen molar-refractivity contribution < 1.29 is 14.3 Å². The van der Waals surface area contributed by atoms with Gasteiger partial charge < -0.3 is 14.8 Å². The molecule has 0 unspecified atom stereocenters. The van der Waals surface area contributed by atoms with Gasteiger partial charge in [-0.2, -0.15) is 0 Å². The highest BCUT2D eigenvalue weighted by Gasteiger charge is 2.19. The van der Waals surface area contributed by atoms with Crippen molar-refractivity contribution in [1.82, 2.24) is 4.98 Å². The van der Waals surface area contributed by atoms with Crippen LogP contribution in [0, 0.1) is 6.92 Å². The third-order valence-electron chi connectivity index (χ3n) is 3.97. The summed E-state index contributed by atoms with van der Waals surface area (Å²) in [4.78, 5) is 17.1. The maximum Gasteiger partial charge on any atom is 0.257 e. The van der Waals surface area contributed by atoms with E-state index in [0.717, 1.165) is 16.5 Å². The fourth-order valence-electron chi connectivity index (χ4n) is 2.87. The summed E-state index contributed by atoms with van der Waals surface area (Å²) in [7, 11) is 0. The van der Waals surface area contributed by atoms with Gasteiger partial charge in [0.05, 0.1) is 21.8 Å². The van der Waals surface area contributed by atoms with Crippen LogP contribution >= 0.6 is 11.6 Å². The lowest BCUT2D eigenvalue weighted by Crippen LogP contribution is -2.18. The standard InChI is InChI=1S/C19H15ClN2O3/c1-11-7-12-3-2-4-21-18(12)15(8-11)22-19(23)13-9-16-17(10-14(13)20)25-6-5-24-16/h2-4,7-10H,5-6H2,1H3,(H,22,23). The number of aryl methyl sites for hydroxylation is 1. The number of fused-ring (bicyclic) bond motifs is 2. The van der Waals surface area contributed by atoms with Crippen LogP contribution in [-0.4, -0.2) is 24.1 Å². The Morgan fingerprint density at radius 3 is 2.72 bits per heavy atom. The highest BCUT2D eigenvalue weighted by atomic mass is 35.5. The van der Waals surface area contributed by atoms with Gasteiger partial charge in [0.15, 0.2) is 11.5 Å². The molecule has 0 bridgehead atoms. The molecule has 1 aliphatic rings. The number of ether oxygens (including phenoxy) is 2. The normalized spacial score (nSPS) is 12.9. The first-order chi connectivity index (χ1) is 12.1. The van der Waals surface area contributed by atoms with Crippen LogP contribution in [-0.2, 0) is 0 Å². The molecular weight excluding hydrogens is 340 g/mol. The molecule has 1 amide bonds. The number of halogens is 1. The molecule has 4 rings (SSSR count). The van der Waals surface area contributed by atoms with Crippen LogP contribution in [0.4, 0.5) is 5.69 Å². The third kappa shape index (κ3) is 2.98. The highest BCUT2D eigenvalue weighted by Crippen LogP contribution is 2.36. The van der Waals surface area contributed by atoms with E-state index in [2.05, 4.69) is 10.3 Å². The van der Waals surface area contributed by atoms with E-state index in [9.17, 15) is 4.79 Å². The molecule has 5 nitrogen and oxygen atoms in total. The molecule has 6 heteroatoms. The average Bonchev–Trinajstić information content (AvgIpc) is 2.61. The molecular formula is C19H15ClN2O3. The van der Waals surface area contributed by atoms with Crippen LogP contribution in [0.3, 0.4) is 0 Å². The molecule has 1 aromatic heterocycles. The number of amides is 1. The van der Waals surface area contributed by atoms with Crippen LogP contribution in [0.2, 0.25) is 5.02 Å². The molecule has 0 spiro atoms. The fourth-order valence-corrected chi connectivity index (χ4v) is 3.10. The monoisotopic (exact) mass is 354 g/mol. The Balaban J connectivity index is 1.71. The minimum absolute atomic E-state index is 0.312. The molecule has 0 saturated carbocycles. The first-order valence-corrected chi connectivity index (χ1v) is 8.25. The van der Waals surface area contributed by atoms with Gasteiger partial charge in [0.25, 0.3) is 5.91 Å². The van der Waals surface area contributed by atoms with Crippen LogP contribution in [0.5, 0.6) is 11.5 Å². The van der Waals surface area contributed by atoms with E-state index in [1.54, 1.807) is 18.3 Å². The van der Waals surface area contributed by atoms with E-state index in [4.69, 9.17) is 21.1 Å². The summed E-state index contributed by atoms with van der Waals surface area (Å²) >= 11 is 6.26. The first-order valence-electron chi connectivity index (χ1n) is 7.88. The van der Waals surface area contributed by atoms with Crippen molar-refractivity contribution in [2.75, 3.05) is 18.5 Å². The van der Waals surface area contributed by atoms with Gasteiger partial charge in [-0.05, 0) is 36.8 Å². The summed E-state index contributed by atoms with van der Waals surface area (Å²) in [5.41, 5.74) is 2.74. The number of benzene rings is 2.